The van der Waals surface area contributed by atoms with Gasteiger partial charge in [0.05, 0.1) is 24.8 Å². The molecule has 140 valence electrons. The average Bonchev–Trinajstić information content (AvgIpc) is 2.60. The van der Waals surface area contributed by atoms with Gasteiger partial charge in [-0.3, -0.25) is 9.69 Å². The Kier molecular flexibility index (Phi) is 4.32. The zero-order valence-electron chi connectivity index (χ0n) is 14.8. The molecule has 8 heteroatoms. The molecule has 0 radical (unpaired) electrons. The predicted octanol–water partition coefficient (Wildman–Crippen LogP) is 0.975. The number of urea groups is 1. The third kappa shape index (κ3) is 3.03. The van der Waals surface area contributed by atoms with E-state index in [4.69, 9.17) is 4.74 Å². The van der Waals surface area contributed by atoms with Crippen molar-refractivity contribution in [2.75, 3.05) is 51.3 Å². The number of carbonyl (C=O) groups excluding carboxylic acids is 2. The molecule has 1 N–H and O–H groups in total. The van der Waals surface area contributed by atoms with Gasteiger partial charge in [-0.25, -0.2) is 9.18 Å². The van der Waals surface area contributed by atoms with Gasteiger partial charge >= 0.3 is 6.03 Å². The van der Waals surface area contributed by atoms with Crippen LogP contribution in [0, 0.1) is 5.82 Å². The van der Waals surface area contributed by atoms with Crippen LogP contribution in [-0.4, -0.2) is 84.2 Å². The first-order chi connectivity index (χ1) is 12.5. The number of rotatable bonds is 1. The molecule has 4 rings (SSSR count). The Morgan fingerprint density at radius 3 is 2.58 bits per heavy atom. The lowest BCUT2D eigenvalue weighted by molar-refractivity contribution is -0.166. The number of benzene rings is 1. The Bertz CT molecular complexity index is 705. The van der Waals surface area contributed by atoms with Crippen molar-refractivity contribution in [3.63, 3.8) is 0 Å². The van der Waals surface area contributed by atoms with Gasteiger partial charge in [-0.2, -0.15) is 0 Å². The summed E-state index contributed by atoms with van der Waals surface area (Å²) in [6, 6.07) is 5.70. The summed E-state index contributed by atoms with van der Waals surface area (Å²) in [5, 5.41) is 2.80. The molecule has 0 aliphatic carbocycles. The van der Waals surface area contributed by atoms with Crippen LogP contribution in [0.1, 0.15) is 6.92 Å². The maximum absolute atomic E-state index is 13.0. The molecule has 3 amide bonds. The van der Waals surface area contributed by atoms with Crippen molar-refractivity contribution in [1.82, 2.24) is 14.7 Å². The minimum absolute atomic E-state index is 0.0591. The van der Waals surface area contributed by atoms with Crippen LogP contribution in [0.4, 0.5) is 14.9 Å². The fraction of sp³-hybridized carbons (Fsp3) is 0.556. The molecule has 1 aromatic carbocycles. The Balaban J connectivity index is 1.43. The van der Waals surface area contributed by atoms with Crippen LogP contribution in [-0.2, 0) is 9.53 Å². The van der Waals surface area contributed by atoms with Gasteiger partial charge in [0.2, 0.25) is 5.91 Å². The summed E-state index contributed by atoms with van der Waals surface area (Å²) >= 11 is 0. The van der Waals surface area contributed by atoms with Crippen molar-refractivity contribution >= 4 is 17.6 Å². The number of anilines is 1. The highest BCUT2D eigenvalue weighted by Crippen LogP contribution is 2.36. The van der Waals surface area contributed by atoms with Crippen LogP contribution in [0.5, 0.6) is 0 Å². The summed E-state index contributed by atoms with van der Waals surface area (Å²) in [5.74, 6) is -0.278. The summed E-state index contributed by atoms with van der Waals surface area (Å²) in [7, 11) is 0. The highest BCUT2D eigenvalue weighted by atomic mass is 19.1. The molecule has 0 aromatic heterocycles. The third-order valence-electron chi connectivity index (χ3n) is 5.55. The normalized spacial score (nSPS) is 24.8. The fourth-order valence-electron chi connectivity index (χ4n) is 4.26. The van der Waals surface area contributed by atoms with Gasteiger partial charge in [-0.1, -0.05) is 0 Å². The molecule has 0 bridgehead atoms. The van der Waals surface area contributed by atoms with E-state index in [0.717, 1.165) is 6.54 Å². The van der Waals surface area contributed by atoms with E-state index < -0.39 is 0 Å². The van der Waals surface area contributed by atoms with E-state index in [9.17, 15) is 14.0 Å². The molecular weight excluding hydrogens is 339 g/mol. The smallest absolute Gasteiger partial charge is 0.321 e. The molecule has 26 heavy (non-hydrogen) atoms. The van der Waals surface area contributed by atoms with Gasteiger partial charge in [0.1, 0.15) is 5.82 Å². The van der Waals surface area contributed by atoms with Gasteiger partial charge in [0, 0.05) is 45.3 Å². The molecule has 1 unspecified atom stereocenters. The number of piperazine rings is 1. The first-order valence-electron chi connectivity index (χ1n) is 8.88. The fourth-order valence-corrected chi connectivity index (χ4v) is 4.26. The zero-order chi connectivity index (χ0) is 18.3. The van der Waals surface area contributed by atoms with Gasteiger partial charge in [-0.15, -0.1) is 0 Å². The second kappa shape index (κ2) is 6.51. The van der Waals surface area contributed by atoms with Crippen LogP contribution in [0.3, 0.4) is 0 Å². The second-order valence-electron chi connectivity index (χ2n) is 7.34. The van der Waals surface area contributed by atoms with Crippen molar-refractivity contribution < 1.29 is 18.7 Å². The first-order valence-corrected chi connectivity index (χ1v) is 8.88. The van der Waals surface area contributed by atoms with Gasteiger partial charge in [0.15, 0.2) is 0 Å². The monoisotopic (exact) mass is 362 g/mol. The molecule has 1 aromatic rings. The Labute approximate surface area is 151 Å². The molecule has 3 fully saturated rings. The van der Waals surface area contributed by atoms with E-state index >= 15 is 0 Å². The van der Waals surface area contributed by atoms with E-state index in [2.05, 4.69) is 10.2 Å². The summed E-state index contributed by atoms with van der Waals surface area (Å²) in [4.78, 5) is 30.4. The number of amides is 3. The van der Waals surface area contributed by atoms with Crippen molar-refractivity contribution in [2.24, 2.45) is 0 Å². The maximum Gasteiger partial charge on any atom is 0.321 e. The third-order valence-corrected chi connectivity index (χ3v) is 5.55. The number of hydrogen-bond donors (Lipinski definition) is 1. The largest absolute Gasteiger partial charge is 0.378 e. The van der Waals surface area contributed by atoms with E-state index in [1.165, 1.54) is 12.1 Å². The van der Waals surface area contributed by atoms with Crippen LogP contribution in [0.15, 0.2) is 24.3 Å². The Morgan fingerprint density at radius 1 is 1.19 bits per heavy atom. The average molecular weight is 362 g/mol. The number of likely N-dealkylation sites (tertiary alicyclic amines) is 1. The highest BCUT2D eigenvalue weighted by molar-refractivity contribution is 5.90. The summed E-state index contributed by atoms with van der Waals surface area (Å²) in [5.41, 5.74) is 0.369. The minimum Gasteiger partial charge on any atom is -0.378 e. The highest BCUT2D eigenvalue weighted by Gasteiger charge is 2.55. The summed E-state index contributed by atoms with van der Waals surface area (Å²) in [6.45, 7) is 6.17. The van der Waals surface area contributed by atoms with Crippen LogP contribution < -0.4 is 5.32 Å². The lowest BCUT2D eigenvalue weighted by atomic mass is 9.82. The number of morpholine rings is 1. The van der Waals surface area contributed by atoms with Crippen LogP contribution >= 0.6 is 0 Å². The molecule has 1 spiro atoms. The molecule has 7 nitrogen and oxygen atoms in total. The molecule has 3 aliphatic rings. The number of halogens is 1. The first kappa shape index (κ1) is 17.2. The molecular formula is C18H23FN4O3. The topological polar surface area (TPSA) is 65.1 Å². The van der Waals surface area contributed by atoms with E-state index in [-0.39, 0.29) is 29.3 Å². The minimum atomic E-state index is -0.337. The number of carbonyl (C=O) groups is 2. The van der Waals surface area contributed by atoms with Gasteiger partial charge < -0.3 is 19.9 Å². The number of fused-ring (bicyclic) bond motifs is 2. The van der Waals surface area contributed by atoms with Crippen molar-refractivity contribution in [3.05, 3.63) is 30.1 Å². The van der Waals surface area contributed by atoms with Crippen molar-refractivity contribution in [1.29, 1.82) is 0 Å². The number of hydrogen-bond acceptors (Lipinski definition) is 4. The lowest BCUT2D eigenvalue weighted by Gasteiger charge is -2.63. The quantitative estimate of drug-likeness (QED) is 0.809. The zero-order valence-corrected chi connectivity index (χ0v) is 14.8. The standard InChI is InChI=1S/C18H23FN4O3/c1-13(24)21-8-16-9-26-7-6-23(16)18(10-21)11-22(12-18)17(25)20-15-4-2-14(19)3-5-15/h2-5,16H,6-12H2,1H3,(H,20,25). The second-order valence-corrected chi connectivity index (χ2v) is 7.34. The van der Waals surface area contributed by atoms with E-state index in [1.807, 2.05) is 4.90 Å². The van der Waals surface area contributed by atoms with Crippen molar-refractivity contribution in [2.45, 2.75) is 18.5 Å². The molecule has 1 atom stereocenters. The number of nitrogens with one attached hydrogen (secondary N) is 1. The summed E-state index contributed by atoms with van der Waals surface area (Å²) in [6.07, 6.45) is 0. The van der Waals surface area contributed by atoms with Crippen LogP contribution in [0.2, 0.25) is 0 Å². The Morgan fingerprint density at radius 2 is 1.88 bits per heavy atom. The maximum atomic E-state index is 13.0. The van der Waals surface area contributed by atoms with Crippen LogP contribution in [0.25, 0.3) is 0 Å². The lowest BCUT2D eigenvalue weighted by Crippen LogP contribution is -2.81. The predicted molar refractivity (Wildman–Crippen MR) is 93.3 cm³/mol. The number of ether oxygens (including phenoxy) is 1. The Hall–Kier alpha value is -2.19. The van der Waals surface area contributed by atoms with E-state index in [0.29, 0.717) is 45.1 Å². The van der Waals surface area contributed by atoms with Gasteiger partial charge in [-0.05, 0) is 24.3 Å². The van der Waals surface area contributed by atoms with Gasteiger partial charge in [0.25, 0.3) is 0 Å². The molecule has 0 saturated carbocycles. The van der Waals surface area contributed by atoms with Crippen molar-refractivity contribution in [3.8, 4) is 0 Å². The molecule has 3 heterocycles. The molecule has 3 aliphatic heterocycles. The van der Waals surface area contributed by atoms with E-state index in [1.54, 1.807) is 24.0 Å². The summed E-state index contributed by atoms with van der Waals surface area (Å²) < 4.78 is 18.6. The number of nitrogens with zero attached hydrogens (tertiary/aromatic N) is 3. The molecule has 3 saturated heterocycles. The SMILES string of the molecule is CC(=O)N1CC2COCCN2C2(C1)CN(C(=O)Nc1ccc(F)cc1)C2.